The van der Waals surface area contributed by atoms with E-state index >= 15 is 0 Å². The second kappa shape index (κ2) is 10.1. The highest BCUT2D eigenvalue weighted by atomic mass is 35.5. The molecule has 0 heterocycles. The fraction of sp³-hybridized carbons (Fsp3) is 0.174. The molecule has 29 heavy (non-hydrogen) atoms. The fourth-order valence-electron chi connectivity index (χ4n) is 2.86. The smallest absolute Gasteiger partial charge is 0.174 e. The van der Waals surface area contributed by atoms with Crippen LogP contribution in [0.15, 0.2) is 72.8 Å². The Balaban J connectivity index is 1.79. The molecule has 4 nitrogen and oxygen atoms in total. The van der Waals surface area contributed by atoms with E-state index in [0.29, 0.717) is 23.2 Å². The minimum absolute atomic E-state index is 0.629. The summed E-state index contributed by atoms with van der Waals surface area (Å²) in [6, 6.07) is 23.5. The highest BCUT2D eigenvalue weighted by Crippen LogP contribution is 2.20. The number of rotatable bonds is 7. The summed E-state index contributed by atoms with van der Waals surface area (Å²) < 4.78 is 10.6. The van der Waals surface area contributed by atoms with Crippen LogP contribution in [0.4, 0.5) is 5.69 Å². The van der Waals surface area contributed by atoms with E-state index in [0.717, 1.165) is 28.3 Å². The molecule has 0 spiro atoms. The second-order valence-corrected chi connectivity index (χ2v) is 7.32. The lowest BCUT2D eigenvalue weighted by molar-refractivity contribution is 0.407. The molecular formula is C23H23ClN2O2S. The first-order valence-corrected chi connectivity index (χ1v) is 9.93. The van der Waals surface area contributed by atoms with E-state index in [4.69, 9.17) is 33.3 Å². The summed E-state index contributed by atoms with van der Waals surface area (Å²) in [5, 5.41) is 4.66. The lowest BCUT2D eigenvalue weighted by Gasteiger charge is -2.26. The number of thiocarbonyl (C=S) groups is 1. The largest absolute Gasteiger partial charge is 0.497 e. The van der Waals surface area contributed by atoms with Gasteiger partial charge in [-0.1, -0.05) is 41.9 Å². The minimum Gasteiger partial charge on any atom is -0.497 e. The Labute approximate surface area is 182 Å². The van der Waals surface area contributed by atoms with Crippen molar-refractivity contribution in [1.29, 1.82) is 0 Å². The Morgan fingerprint density at radius 3 is 2.03 bits per heavy atom. The first-order chi connectivity index (χ1) is 14.1. The summed E-state index contributed by atoms with van der Waals surface area (Å²) in [6.45, 7) is 1.31. The van der Waals surface area contributed by atoms with Crippen molar-refractivity contribution in [2.24, 2.45) is 0 Å². The van der Waals surface area contributed by atoms with E-state index in [-0.39, 0.29) is 0 Å². The van der Waals surface area contributed by atoms with Gasteiger partial charge in [0.05, 0.1) is 14.2 Å². The number of anilines is 1. The highest BCUT2D eigenvalue weighted by molar-refractivity contribution is 7.80. The van der Waals surface area contributed by atoms with Crippen molar-refractivity contribution in [3.05, 3.63) is 88.9 Å². The summed E-state index contributed by atoms with van der Waals surface area (Å²) in [5.74, 6) is 1.60. The molecule has 3 aromatic carbocycles. The van der Waals surface area contributed by atoms with E-state index in [1.54, 1.807) is 14.2 Å². The monoisotopic (exact) mass is 426 g/mol. The molecule has 0 atom stereocenters. The van der Waals surface area contributed by atoms with Crippen LogP contribution in [0.3, 0.4) is 0 Å². The highest BCUT2D eigenvalue weighted by Gasteiger charge is 2.12. The molecule has 0 radical (unpaired) electrons. The van der Waals surface area contributed by atoms with Gasteiger partial charge in [-0.25, -0.2) is 0 Å². The van der Waals surface area contributed by atoms with Gasteiger partial charge in [-0.3, -0.25) is 0 Å². The van der Waals surface area contributed by atoms with Crippen LogP contribution in [0, 0.1) is 0 Å². The molecule has 0 aliphatic carbocycles. The number of nitrogens with zero attached hydrogens (tertiary/aromatic N) is 1. The summed E-state index contributed by atoms with van der Waals surface area (Å²) in [7, 11) is 3.31. The number of ether oxygens (including phenoxy) is 2. The average Bonchev–Trinajstić information content (AvgIpc) is 2.75. The van der Waals surface area contributed by atoms with Crippen molar-refractivity contribution in [2.45, 2.75) is 13.1 Å². The molecule has 3 rings (SSSR count). The van der Waals surface area contributed by atoms with Crippen LogP contribution in [0.2, 0.25) is 5.02 Å². The maximum atomic E-state index is 6.03. The lowest BCUT2D eigenvalue weighted by atomic mass is 10.1. The van der Waals surface area contributed by atoms with Crippen molar-refractivity contribution >= 4 is 34.6 Å². The quantitative estimate of drug-likeness (QED) is 0.486. The van der Waals surface area contributed by atoms with Gasteiger partial charge in [-0.15, -0.1) is 0 Å². The zero-order valence-electron chi connectivity index (χ0n) is 16.4. The lowest BCUT2D eigenvalue weighted by Crippen LogP contribution is -2.33. The first kappa shape index (κ1) is 21.0. The molecular weight excluding hydrogens is 404 g/mol. The number of hydrogen-bond acceptors (Lipinski definition) is 3. The van der Waals surface area contributed by atoms with Gasteiger partial charge in [0.25, 0.3) is 0 Å². The van der Waals surface area contributed by atoms with Crippen LogP contribution in [0.25, 0.3) is 0 Å². The van der Waals surface area contributed by atoms with E-state index in [2.05, 4.69) is 10.2 Å². The van der Waals surface area contributed by atoms with Gasteiger partial charge in [-0.05, 0) is 59.7 Å². The molecule has 0 aromatic heterocycles. The Kier molecular flexibility index (Phi) is 7.33. The summed E-state index contributed by atoms with van der Waals surface area (Å²) in [4.78, 5) is 2.11. The number of nitrogens with one attached hydrogen (secondary N) is 1. The molecule has 6 heteroatoms. The Bertz CT molecular complexity index is 946. The Hall–Kier alpha value is -2.76. The van der Waals surface area contributed by atoms with Crippen LogP contribution in [-0.2, 0) is 13.1 Å². The zero-order chi connectivity index (χ0) is 20.6. The third-order valence-electron chi connectivity index (χ3n) is 4.43. The van der Waals surface area contributed by atoms with E-state index in [1.807, 2.05) is 72.8 Å². The van der Waals surface area contributed by atoms with Gasteiger partial charge in [0.1, 0.15) is 11.5 Å². The molecule has 3 aromatic rings. The van der Waals surface area contributed by atoms with Gasteiger partial charge >= 0.3 is 0 Å². The predicted molar refractivity (Wildman–Crippen MR) is 123 cm³/mol. The normalized spacial score (nSPS) is 10.3. The van der Waals surface area contributed by atoms with Crippen LogP contribution < -0.4 is 14.8 Å². The number of methoxy groups -OCH3 is 2. The number of halogens is 1. The van der Waals surface area contributed by atoms with Crippen LogP contribution in [0.5, 0.6) is 11.5 Å². The van der Waals surface area contributed by atoms with E-state index in [9.17, 15) is 0 Å². The minimum atomic E-state index is 0.629. The average molecular weight is 427 g/mol. The van der Waals surface area contributed by atoms with Crippen molar-refractivity contribution in [3.63, 3.8) is 0 Å². The molecule has 0 aliphatic heterocycles. The maximum absolute atomic E-state index is 6.03. The van der Waals surface area contributed by atoms with Crippen LogP contribution >= 0.6 is 23.8 Å². The van der Waals surface area contributed by atoms with Gasteiger partial charge in [0, 0.05) is 29.9 Å². The molecule has 0 saturated heterocycles. The molecule has 0 bridgehead atoms. The molecule has 0 amide bonds. The SMILES string of the molecule is COc1ccc(CN(Cc2ccc(Cl)cc2)C(=S)Nc2cccc(OC)c2)cc1. The molecule has 0 aliphatic rings. The van der Waals surface area contributed by atoms with Crippen molar-refractivity contribution in [2.75, 3.05) is 19.5 Å². The molecule has 0 fully saturated rings. The van der Waals surface area contributed by atoms with Crippen molar-refractivity contribution in [1.82, 2.24) is 4.90 Å². The van der Waals surface area contributed by atoms with Crippen molar-refractivity contribution < 1.29 is 9.47 Å². The Morgan fingerprint density at radius 1 is 0.862 bits per heavy atom. The van der Waals surface area contributed by atoms with Crippen LogP contribution in [0.1, 0.15) is 11.1 Å². The first-order valence-electron chi connectivity index (χ1n) is 9.15. The number of hydrogen-bond donors (Lipinski definition) is 1. The zero-order valence-corrected chi connectivity index (χ0v) is 18.0. The number of benzene rings is 3. The van der Waals surface area contributed by atoms with Crippen LogP contribution in [-0.4, -0.2) is 24.2 Å². The van der Waals surface area contributed by atoms with Gasteiger partial charge < -0.3 is 19.7 Å². The predicted octanol–water partition coefficient (Wildman–Crippen LogP) is 5.76. The summed E-state index contributed by atoms with van der Waals surface area (Å²) >= 11 is 11.8. The molecule has 0 unspecified atom stereocenters. The third kappa shape index (κ3) is 6.11. The standard InChI is InChI=1S/C23H23ClN2O2S/c1-27-21-12-8-18(9-13-21)16-26(15-17-6-10-19(24)11-7-17)23(29)25-20-4-3-5-22(14-20)28-2/h3-14H,15-16H2,1-2H3,(H,25,29). The molecule has 150 valence electrons. The molecule has 0 saturated carbocycles. The third-order valence-corrected chi connectivity index (χ3v) is 5.04. The topological polar surface area (TPSA) is 33.7 Å². The van der Waals surface area contributed by atoms with Gasteiger partial charge in [0.15, 0.2) is 5.11 Å². The van der Waals surface area contributed by atoms with E-state index < -0.39 is 0 Å². The molecule has 1 N–H and O–H groups in total. The Morgan fingerprint density at radius 2 is 1.45 bits per heavy atom. The summed E-state index contributed by atoms with van der Waals surface area (Å²) in [5.41, 5.74) is 3.14. The van der Waals surface area contributed by atoms with Gasteiger partial charge in [0.2, 0.25) is 0 Å². The second-order valence-electron chi connectivity index (χ2n) is 6.49. The maximum Gasteiger partial charge on any atom is 0.174 e. The van der Waals surface area contributed by atoms with E-state index in [1.165, 1.54) is 0 Å². The summed E-state index contributed by atoms with van der Waals surface area (Å²) in [6.07, 6.45) is 0. The van der Waals surface area contributed by atoms with Gasteiger partial charge in [-0.2, -0.15) is 0 Å². The fourth-order valence-corrected chi connectivity index (χ4v) is 3.24. The van der Waals surface area contributed by atoms with Crippen molar-refractivity contribution in [3.8, 4) is 11.5 Å².